The molecular weight excluding hydrogens is 264 g/mol. The Balaban J connectivity index is 2.32. The fourth-order valence-corrected chi connectivity index (χ4v) is 4.50. The summed E-state index contributed by atoms with van der Waals surface area (Å²) >= 11 is 1.91. The Morgan fingerprint density at radius 2 is 1.80 bits per heavy atom. The minimum Gasteiger partial charge on any atom is -0.303 e. The van der Waals surface area contributed by atoms with Crippen molar-refractivity contribution in [1.82, 2.24) is 10.3 Å². The molecule has 1 saturated carbocycles. The third kappa shape index (κ3) is 3.25. The second-order valence-corrected chi connectivity index (χ2v) is 8.62. The summed E-state index contributed by atoms with van der Waals surface area (Å²) in [4.78, 5) is 6.38. The number of aromatic nitrogens is 1. The summed E-state index contributed by atoms with van der Waals surface area (Å²) in [6, 6.07) is 0.505. The zero-order valence-corrected chi connectivity index (χ0v) is 14.8. The van der Waals surface area contributed by atoms with Gasteiger partial charge in [-0.15, -0.1) is 11.3 Å². The average Bonchev–Trinajstić information content (AvgIpc) is 2.74. The van der Waals surface area contributed by atoms with Crippen LogP contribution in [0.5, 0.6) is 0 Å². The van der Waals surface area contributed by atoms with E-state index in [4.69, 9.17) is 4.98 Å². The maximum absolute atomic E-state index is 4.98. The third-order valence-electron chi connectivity index (χ3n) is 4.66. The van der Waals surface area contributed by atoms with Crippen LogP contribution in [0.2, 0.25) is 0 Å². The van der Waals surface area contributed by atoms with Gasteiger partial charge in [0.05, 0.1) is 11.2 Å². The summed E-state index contributed by atoms with van der Waals surface area (Å²) in [5.41, 5.74) is 1.90. The standard InChI is InChI=1S/C17H30N2S/c1-7-14-13(4)20-15(18-14)17(19-12(2)3)10-8-16(5,6)9-11-17/h12,19H,7-11H2,1-6H3. The van der Waals surface area contributed by atoms with Gasteiger partial charge < -0.3 is 5.32 Å². The second kappa shape index (κ2) is 5.76. The molecule has 0 radical (unpaired) electrons. The van der Waals surface area contributed by atoms with Crippen LogP contribution in [0.3, 0.4) is 0 Å². The summed E-state index contributed by atoms with van der Waals surface area (Å²) in [6.07, 6.45) is 6.05. The van der Waals surface area contributed by atoms with E-state index in [2.05, 4.69) is 46.9 Å². The van der Waals surface area contributed by atoms with Crippen LogP contribution in [0.15, 0.2) is 0 Å². The first-order chi connectivity index (χ1) is 9.28. The van der Waals surface area contributed by atoms with Crippen molar-refractivity contribution in [2.45, 2.75) is 85.2 Å². The number of rotatable bonds is 4. The maximum Gasteiger partial charge on any atom is 0.113 e. The Morgan fingerprint density at radius 3 is 2.25 bits per heavy atom. The van der Waals surface area contributed by atoms with Gasteiger partial charge in [-0.3, -0.25) is 0 Å². The van der Waals surface area contributed by atoms with Crippen LogP contribution in [0.4, 0.5) is 0 Å². The zero-order chi connectivity index (χ0) is 15.0. The summed E-state index contributed by atoms with van der Waals surface area (Å²) in [5, 5.41) is 5.19. The van der Waals surface area contributed by atoms with E-state index in [9.17, 15) is 0 Å². The van der Waals surface area contributed by atoms with Gasteiger partial charge >= 0.3 is 0 Å². The van der Waals surface area contributed by atoms with Crippen molar-refractivity contribution < 1.29 is 0 Å². The van der Waals surface area contributed by atoms with Gasteiger partial charge in [0, 0.05) is 10.9 Å². The first-order valence-corrected chi connectivity index (χ1v) is 8.84. The molecule has 0 aromatic carbocycles. The van der Waals surface area contributed by atoms with Gasteiger partial charge in [0.15, 0.2) is 0 Å². The molecule has 114 valence electrons. The third-order valence-corrected chi connectivity index (χ3v) is 5.88. The highest BCUT2D eigenvalue weighted by molar-refractivity contribution is 7.11. The van der Waals surface area contributed by atoms with Crippen molar-refractivity contribution in [3.8, 4) is 0 Å². The normalized spacial score (nSPS) is 21.4. The Labute approximate surface area is 128 Å². The number of thiazole rings is 1. The van der Waals surface area contributed by atoms with E-state index < -0.39 is 0 Å². The Hall–Kier alpha value is -0.410. The van der Waals surface area contributed by atoms with Crippen LogP contribution in [0, 0.1) is 12.3 Å². The zero-order valence-electron chi connectivity index (χ0n) is 14.0. The molecule has 1 fully saturated rings. The fourth-order valence-electron chi connectivity index (χ4n) is 3.29. The van der Waals surface area contributed by atoms with Gasteiger partial charge in [0.2, 0.25) is 0 Å². The summed E-state index contributed by atoms with van der Waals surface area (Å²) in [7, 11) is 0. The molecule has 0 aliphatic heterocycles. The highest BCUT2D eigenvalue weighted by atomic mass is 32.1. The van der Waals surface area contributed by atoms with E-state index in [1.54, 1.807) is 0 Å². The Bertz CT molecular complexity index is 450. The van der Waals surface area contributed by atoms with Crippen LogP contribution in [0.25, 0.3) is 0 Å². The van der Waals surface area contributed by atoms with E-state index >= 15 is 0 Å². The second-order valence-electron chi connectivity index (χ2n) is 7.42. The minimum absolute atomic E-state index is 0.118. The van der Waals surface area contributed by atoms with Crippen LogP contribution in [-0.2, 0) is 12.0 Å². The Kier molecular flexibility index (Phi) is 4.60. The minimum atomic E-state index is 0.118. The lowest BCUT2D eigenvalue weighted by atomic mass is 9.69. The molecule has 0 unspecified atom stereocenters. The molecule has 0 saturated heterocycles. The SMILES string of the molecule is CCc1nc(C2(NC(C)C)CCC(C)(C)CC2)sc1C. The van der Waals surface area contributed by atoms with Crippen molar-refractivity contribution in [3.63, 3.8) is 0 Å². The van der Waals surface area contributed by atoms with Gasteiger partial charge in [-0.1, -0.05) is 20.8 Å². The number of hydrogen-bond donors (Lipinski definition) is 1. The van der Waals surface area contributed by atoms with Crippen LogP contribution < -0.4 is 5.32 Å². The molecule has 1 aliphatic rings. The average molecular weight is 295 g/mol. The first kappa shape index (κ1) is 16.0. The molecule has 0 bridgehead atoms. The van der Waals surface area contributed by atoms with Gasteiger partial charge in [0.25, 0.3) is 0 Å². The Morgan fingerprint density at radius 1 is 1.20 bits per heavy atom. The summed E-state index contributed by atoms with van der Waals surface area (Å²) in [5.74, 6) is 0. The van der Waals surface area contributed by atoms with Crippen molar-refractivity contribution in [2.24, 2.45) is 5.41 Å². The van der Waals surface area contributed by atoms with Crippen molar-refractivity contribution in [3.05, 3.63) is 15.6 Å². The number of aryl methyl sites for hydroxylation is 2. The molecule has 1 aliphatic carbocycles. The predicted octanol–water partition coefficient (Wildman–Crippen LogP) is 4.81. The molecule has 1 aromatic heterocycles. The van der Waals surface area contributed by atoms with Gasteiger partial charge in [-0.05, 0) is 58.3 Å². The molecule has 0 atom stereocenters. The molecule has 3 heteroatoms. The van der Waals surface area contributed by atoms with Gasteiger partial charge in [-0.25, -0.2) is 4.98 Å². The highest BCUT2D eigenvalue weighted by Crippen LogP contribution is 2.46. The maximum atomic E-state index is 4.98. The summed E-state index contributed by atoms with van der Waals surface area (Å²) in [6.45, 7) is 13.7. The quantitative estimate of drug-likeness (QED) is 0.862. The molecule has 1 aromatic rings. The molecule has 1 N–H and O–H groups in total. The van der Waals surface area contributed by atoms with Gasteiger partial charge in [-0.2, -0.15) is 0 Å². The molecule has 0 amide bonds. The van der Waals surface area contributed by atoms with Crippen molar-refractivity contribution >= 4 is 11.3 Å². The van der Waals surface area contributed by atoms with E-state index in [-0.39, 0.29) is 5.54 Å². The highest BCUT2D eigenvalue weighted by Gasteiger charge is 2.42. The molecule has 2 nitrogen and oxygen atoms in total. The molecule has 2 rings (SSSR count). The van der Waals surface area contributed by atoms with E-state index in [0.717, 1.165) is 6.42 Å². The number of nitrogens with zero attached hydrogens (tertiary/aromatic N) is 1. The molecule has 0 spiro atoms. The number of hydrogen-bond acceptors (Lipinski definition) is 3. The molecule has 1 heterocycles. The van der Waals surface area contributed by atoms with E-state index in [1.807, 2.05) is 11.3 Å². The summed E-state index contributed by atoms with van der Waals surface area (Å²) < 4.78 is 0. The van der Waals surface area contributed by atoms with Crippen LogP contribution in [0.1, 0.15) is 75.9 Å². The predicted molar refractivity (Wildman–Crippen MR) is 88.4 cm³/mol. The van der Waals surface area contributed by atoms with Gasteiger partial charge in [0.1, 0.15) is 5.01 Å². The van der Waals surface area contributed by atoms with Crippen LogP contribution >= 0.6 is 11.3 Å². The van der Waals surface area contributed by atoms with Crippen molar-refractivity contribution in [2.75, 3.05) is 0 Å². The van der Waals surface area contributed by atoms with E-state index in [0.29, 0.717) is 11.5 Å². The van der Waals surface area contributed by atoms with E-state index in [1.165, 1.54) is 41.3 Å². The lowest BCUT2D eigenvalue weighted by molar-refractivity contribution is 0.126. The topological polar surface area (TPSA) is 24.9 Å². The first-order valence-electron chi connectivity index (χ1n) is 8.02. The largest absolute Gasteiger partial charge is 0.303 e. The lowest BCUT2D eigenvalue weighted by Crippen LogP contribution is -2.49. The molecular formula is C17H30N2S. The number of nitrogens with one attached hydrogen (secondary N) is 1. The smallest absolute Gasteiger partial charge is 0.113 e. The molecule has 20 heavy (non-hydrogen) atoms. The van der Waals surface area contributed by atoms with Crippen LogP contribution in [-0.4, -0.2) is 11.0 Å². The fraction of sp³-hybridized carbons (Fsp3) is 0.824. The lowest BCUT2D eigenvalue weighted by Gasteiger charge is -2.44. The monoisotopic (exact) mass is 294 g/mol. The van der Waals surface area contributed by atoms with Crippen molar-refractivity contribution in [1.29, 1.82) is 0 Å².